The average molecular weight is 789 g/mol. The van der Waals surface area contributed by atoms with E-state index in [-0.39, 0.29) is 0 Å². The van der Waals surface area contributed by atoms with Gasteiger partial charge in [0.25, 0.3) is 0 Å². The summed E-state index contributed by atoms with van der Waals surface area (Å²) in [7, 11) is 0. The molecule has 0 atom stereocenters. The van der Waals surface area contributed by atoms with Crippen molar-refractivity contribution in [3.05, 3.63) is 243 Å². The molecule has 0 spiro atoms. The first-order valence-electron chi connectivity index (χ1n) is 21.3. The smallest absolute Gasteiger partial charge is 0.0546 e. The molecule has 0 saturated heterocycles. The fourth-order valence-corrected chi connectivity index (χ4v) is 9.65. The Balaban J connectivity index is 1.05. The zero-order valence-corrected chi connectivity index (χ0v) is 34.0. The Morgan fingerprint density at radius 1 is 0.177 bits per heavy atom. The van der Waals surface area contributed by atoms with Crippen LogP contribution in [0.5, 0.6) is 0 Å². The van der Waals surface area contributed by atoms with Crippen LogP contribution in [-0.2, 0) is 0 Å². The van der Waals surface area contributed by atoms with Gasteiger partial charge in [0.05, 0.1) is 22.7 Å². The molecule has 10 aromatic carbocycles. The van der Waals surface area contributed by atoms with Gasteiger partial charge in [-0.2, -0.15) is 0 Å². The van der Waals surface area contributed by atoms with Gasteiger partial charge >= 0.3 is 0 Å². The lowest BCUT2D eigenvalue weighted by atomic mass is 9.91. The van der Waals surface area contributed by atoms with Crippen LogP contribution >= 0.6 is 0 Å². The van der Waals surface area contributed by atoms with E-state index in [0.717, 1.165) is 45.3 Å². The Morgan fingerprint density at radius 2 is 0.565 bits per heavy atom. The lowest BCUT2D eigenvalue weighted by molar-refractivity contribution is 1.29. The summed E-state index contributed by atoms with van der Waals surface area (Å²) in [6, 6.07) is 88.7. The number of para-hydroxylation sites is 2. The first kappa shape index (κ1) is 35.7. The summed E-state index contributed by atoms with van der Waals surface area (Å²) in [5.74, 6) is 0. The number of nitrogens with zero attached hydrogens (tertiary/aromatic N) is 2. The summed E-state index contributed by atoms with van der Waals surface area (Å²) in [4.78, 5) is 4.91. The molecule has 0 fully saturated rings. The van der Waals surface area contributed by atoms with Crippen molar-refractivity contribution in [2.75, 3.05) is 9.80 Å². The molecule has 2 nitrogen and oxygen atoms in total. The molecule has 0 N–H and O–H groups in total. The van der Waals surface area contributed by atoms with Crippen LogP contribution in [0.2, 0.25) is 0 Å². The Labute approximate surface area is 362 Å². The topological polar surface area (TPSA) is 6.48 Å². The van der Waals surface area contributed by atoms with E-state index in [4.69, 9.17) is 0 Å². The van der Waals surface area contributed by atoms with E-state index >= 15 is 0 Å². The molecule has 290 valence electrons. The fraction of sp³-hybridized carbons (Fsp3) is 0. The van der Waals surface area contributed by atoms with Gasteiger partial charge in [-0.05, 0) is 110 Å². The zero-order chi connectivity index (χ0) is 41.0. The van der Waals surface area contributed by atoms with Crippen LogP contribution in [0.15, 0.2) is 243 Å². The number of benzene rings is 10. The molecule has 0 aliphatic carbocycles. The monoisotopic (exact) mass is 788 g/mol. The van der Waals surface area contributed by atoms with E-state index in [1.165, 1.54) is 66.8 Å². The van der Waals surface area contributed by atoms with E-state index in [2.05, 4.69) is 252 Å². The summed E-state index contributed by atoms with van der Waals surface area (Å²) in [5.41, 5.74) is 23.7. The molecule has 0 aromatic heterocycles. The molecule has 2 heterocycles. The van der Waals surface area contributed by atoms with Crippen LogP contribution in [0.25, 0.3) is 77.9 Å². The van der Waals surface area contributed by atoms with Gasteiger partial charge in [-0.25, -0.2) is 0 Å². The second-order valence-corrected chi connectivity index (χ2v) is 16.1. The van der Waals surface area contributed by atoms with Crippen molar-refractivity contribution in [1.82, 2.24) is 0 Å². The lowest BCUT2D eigenvalue weighted by Crippen LogP contribution is -2.11. The predicted molar refractivity (Wildman–Crippen MR) is 261 cm³/mol. The van der Waals surface area contributed by atoms with Crippen LogP contribution in [0, 0.1) is 0 Å². The maximum atomic E-state index is 2.46. The maximum Gasteiger partial charge on any atom is 0.0546 e. The standard InChI is InChI=1S/C60H40N2/c1-3-16-41(17-4-1)43-30-34-47(35-31-43)61-57-28-13-11-26-53(57)49-22-7-8-23-50(49)55-36-32-46(40-60(55)61)45-33-37-59-56(39-45)52-25-10-9-24-51(52)54-27-12-14-29-58(54)62(59)48-21-15-20-44(38-48)42-18-5-2-6-19-42/h1-40H. The highest BCUT2D eigenvalue weighted by Crippen LogP contribution is 2.54. The number of hydrogen-bond acceptors (Lipinski definition) is 2. The number of rotatable bonds is 5. The summed E-state index contributed by atoms with van der Waals surface area (Å²) in [5, 5.41) is 0. The van der Waals surface area contributed by atoms with Gasteiger partial charge in [-0.15, -0.1) is 0 Å². The molecule has 2 aliphatic rings. The number of anilines is 6. The Morgan fingerprint density at radius 3 is 1.18 bits per heavy atom. The Hall–Kier alpha value is -8.20. The van der Waals surface area contributed by atoms with E-state index in [1.54, 1.807) is 0 Å². The Kier molecular flexibility index (Phi) is 8.53. The second-order valence-electron chi connectivity index (χ2n) is 16.1. The van der Waals surface area contributed by atoms with Crippen LogP contribution in [0.1, 0.15) is 0 Å². The van der Waals surface area contributed by atoms with Gasteiger partial charge < -0.3 is 9.80 Å². The van der Waals surface area contributed by atoms with Crippen LogP contribution < -0.4 is 9.80 Å². The summed E-state index contributed by atoms with van der Waals surface area (Å²) in [6.07, 6.45) is 0. The van der Waals surface area contributed by atoms with Gasteiger partial charge in [-0.1, -0.05) is 188 Å². The van der Waals surface area contributed by atoms with E-state index in [0.29, 0.717) is 0 Å². The molecule has 0 bridgehead atoms. The van der Waals surface area contributed by atoms with Gasteiger partial charge in [-0.3, -0.25) is 0 Å². The summed E-state index contributed by atoms with van der Waals surface area (Å²) < 4.78 is 0. The minimum absolute atomic E-state index is 1.12. The van der Waals surface area contributed by atoms with Crippen molar-refractivity contribution in [1.29, 1.82) is 0 Å². The predicted octanol–water partition coefficient (Wildman–Crippen LogP) is 16.9. The fourth-order valence-electron chi connectivity index (χ4n) is 9.65. The molecule has 0 unspecified atom stereocenters. The molecule has 2 aliphatic heterocycles. The van der Waals surface area contributed by atoms with Crippen LogP contribution in [0.4, 0.5) is 34.1 Å². The zero-order valence-electron chi connectivity index (χ0n) is 34.0. The third-order valence-corrected chi connectivity index (χ3v) is 12.6. The maximum absolute atomic E-state index is 2.46. The molecule has 62 heavy (non-hydrogen) atoms. The van der Waals surface area contributed by atoms with Gasteiger partial charge in [0.2, 0.25) is 0 Å². The minimum atomic E-state index is 1.12. The summed E-state index contributed by atoms with van der Waals surface area (Å²) in [6.45, 7) is 0. The van der Waals surface area contributed by atoms with Crippen molar-refractivity contribution in [3.8, 4) is 77.9 Å². The molecule has 0 saturated carbocycles. The van der Waals surface area contributed by atoms with Crippen molar-refractivity contribution in [3.63, 3.8) is 0 Å². The Bertz CT molecular complexity index is 3290. The number of fused-ring (bicyclic) bond motifs is 10. The first-order chi connectivity index (χ1) is 30.8. The van der Waals surface area contributed by atoms with E-state index in [1.807, 2.05) is 0 Å². The molecular formula is C60H40N2. The van der Waals surface area contributed by atoms with Gasteiger partial charge in [0, 0.05) is 33.6 Å². The largest absolute Gasteiger partial charge is 0.309 e. The second kappa shape index (κ2) is 14.8. The molecule has 2 heteroatoms. The molecular weight excluding hydrogens is 749 g/mol. The van der Waals surface area contributed by atoms with Gasteiger partial charge in [0.1, 0.15) is 0 Å². The third-order valence-electron chi connectivity index (χ3n) is 12.6. The van der Waals surface area contributed by atoms with Crippen molar-refractivity contribution < 1.29 is 0 Å². The molecule has 0 radical (unpaired) electrons. The van der Waals surface area contributed by atoms with Crippen molar-refractivity contribution in [2.24, 2.45) is 0 Å². The summed E-state index contributed by atoms with van der Waals surface area (Å²) >= 11 is 0. The lowest BCUT2D eigenvalue weighted by Gasteiger charge is -2.29. The van der Waals surface area contributed by atoms with Crippen LogP contribution in [-0.4, -0.2) is 0 Å². The highest BCUT2D eigenvalue weighted by molar-refractivity contribution is 6.06. The average Bonchev–Trinajstić information content (AvgIpc) is 3.56. The SMILES string of the molecule is c1ccc(-c2ccc(N3c4ccccc4-c4ccccc4-c4ccc(-c5ccc6c(c5)-c5ccccc5-c5ccccc5N6c5cccc(-c6ccccc6)c5)cc43)cc2)cc1. The molecule has 12 rings (SSSR count). The molecule has 10 aromatic rings. The first-order valence-corrected chi connectivity index (χ1v) is 21.3. The van der Waals surface area contributed by atoms with Gasteiger partial charge in [0.15, 0.2) is 0 Å². The van der Waals surface area contributed by atoms with E-state index in [9.17, 15) is 0 Å². The quantitative estimate of drug-likeness (QED) is 0.171. The number of hydrogen-bond donors (Lipinski definition) is 0. The molecule has 0 amide bonds. The minimum Gasteiger partial charge on any atom is -0.309 e. The highest BCUT2D eigenvalue weighted by atomic mass is 15.2. The van der Waals surface area contributed by atoms with Crippen molar-refractivity contribution >= 4 is 34.1 Å². The van der Waals surface area contributed by atoms with Crippen LogP contribution in [0.3, 0.4) is 0 Å². The highest BCUT2D eigenvalue weighted by Gasteiger charge is 2.29. The van der Waals surface area contributed by atoms with Crippen molar-refractivity contribution in [2.45, 2.75) is 0 Å². The van der Waals surface area contributed by atoms with E-state index < -0.39 is 0 Å². The third kappa shape index (κ3) is 5.96. The normalized spacial score (nSPS) is 12.1.